The molecule has 1 fully saturated rings. The molecule has 8 nitrogen and oxygen atoms in total. The summed E-state index contributed by atoms with van der Waals surface area (Å²) in [5.74, 6) is -0.142. The Labute approximate surface area is 226 Å². The number of carbonyl (C=O) groups excluding carboxylic acids is 3. The first-order valence-electron chi connectivity index (χ1n) is 12.7. The van der Waals surface area contributed by atoms with Gasteiger partial charge >= 0.3 is 0 Å². The highest BCUT2D eigenvalue weighted by atomic mass is 35.5. The Bertz CT molecular complexity index is 1310. The van der Waals surface area contributed by atoms with Gasteiger partial charge in [-0.05, 0) is 61.0 Å². The second-order valence-corrected chi connectivity index (χ2v) is 9.75. The standard InChI is InChI=1S/C29H29ClN4O4/c30-22-8-10-23(11-9-22)38-19-28(36)34-25-12-7-21(29(37)33-15-4-13-31-14-16-33)17-24(25)32-27(35)18-26(34)20-5-2-1-3-6-20/h1-3,5-12,17,26,31H,4,13-16,18-19H2,(H,32,35). The van der Waals surface area contributed by atoms with Crippen molar-refractivity contribution in [2.24, 2.45) is 0 Å². The van der Waals surface area contributed by atoms with Crippen LogP contribution in [-0.2, 0) is 9.59 Å². The third kappa shape index (κ3) is 5.82. The molecule has 5 rings (SSSR count). The first kappa shape index (κ1) is 25.8. The van der Waals surface area contributed by atoms with E-state index in [2.05, 4.69) is 10.6 Å². The van der Waals surface area contributed by atoms with Crippen LogP contribution in [0.15, 0.2) is 72.8 Å². The zero-order chi connectivity index (χ0) is 26.5. The van der Waals surface area contributed by atoms with Crippen LogP contribution < -0.4 is 20.3 Å². The van der Waals surface area contributed by atoms with E-state index in [1.54, 1.807) is 47.4 Å². The lowest BCUT2D eigenvalue weighted by molar-refractivity contribution is -0.121. The minimum Gasteiger partial charge on any atom is -0.484 e. The number of ether oxygens (including phenoxy) is 1. The molecule has 3 aromatic rings. The monoisotopic (exact) mass is 532 g/mol. The molecular weight excluding hydrogens is 504 g/mol. The number of benzene rings is 3. The van der Waals surface area contributed by atoms with Crippen molar-refractivity contribution in [3.63, 3.8) is 0 Å². The molecule has 2 N–H and O–H groups in total. The van der Waals surface area contributed by atoms with E-state index in [9.17, 15) is 14.4 Å². The largest absolute Gasteiger partial charge is 0.484 e. The van der Waals surface area contributed by atoms with Crippen LogP contribution >= 0.6 is 11.6 Å². The zero-order valence-electron chi connectivity index (χ0n) is 20.9. The first-order chi connectivity index (χ1) is 18.5. The van der Waals surface area contributed by atoms with Crippen molar-refractivity contribution >= 4 is 40.7 Å². The Kier molecular flexibility index (Phi) is 7.91. The van der Waals surface area contributed by atoms with E-state index < -0.39 is 6.04 Å². The molecule has 0 radical (unpaired) electrons. The van der Waals surface area contributed by atoms with Crippen molar-refractivity contribution in [3.05, 3.63) is 88.9 Å². The van der Waals surface area contributed by atoms with Gasteiger partial charge in [-0.15, -0.1) is 0 Å². The fraction of sp³-hybridized carbons (Fsp3) is 0.276. The van der Waals surface area contributed by atoms with Gasteiger partial charge in [0.05, 0.1) is 23.8 Å². The van der Waals surface area contributed by atoms with Gasteiger partial charge in [-0.25, -0.2) is 0 Å². The van der Waals surface area contributed by atoms with Gasteiger partial charge in [-0.1, -0.05) is 41.9 Å². The summed E-state index contributed by atoms with van der Waals surface area (Å²) < 4.78 is 5.77. The molecule has 3 amide bonds. The molecule has 9 heteroatoms. The van der Waals surface area contributed by atoms with Crippen LogP contribution in [0.3, 0.4) is 0 Å². The normalized spacial score (nSPS) is 17.6. The molecular formula is C29H29ClN4O4. The number of nitrogens with one attached hydrogen (secondary N) is 2. The van der Waals surface area contributed by atoms with Gasteiger partial charge in [0.15, 0.2) is 6.61 Å². The van der Waals surface area contributed by atoms with Crippen molar-refractivity contribution < 1.29 is 19.1 Å². The fourth-order valence-corrected chi connectivity index (χ4v) is 4.97. The molecule has 1 atom stereocenters. The van der Waals surface area contributed by atoms with Crippen LogP contribution in [0.25, 0.3) is 0 Å². The number of fused-ring (bicyclic) bond motifs is 1. The topological polar surface area (TPSA) is 91.0 Å². The number of hydrogen-bond acceptors (Lipinski definition) is 5. The highest BCUT2D eigenvalue weighted by Gasteiger charge is 2.34. The van der Waals surface area contributed by atoms with Crippen molar-refractivity contribution in [2.45, 2.75) is 18.9 Å². The van der Waals surface area contributed by atoms with E-state index >= 15 is 0 Å². The maximum absolute atomic E-state index is 13.7. The van der Waals surface area contributed by atoms with Gasteiger partial charge in [-0.3, -0.25) is 19.3 Å². The highest BCUT2D eigenvalue weighted by molar-refractivity contribution is 6.30. The van der Waals surface area contributed by atoms with Crippen molar-refractivity contribution in [3.8, 4) is 5.75 Å². The number of amides is 3. The molecule has 196 valence electrons. The number of anilines is 2. The average Bonchev–Trinajstić information content (AvgIpc) is 3.30. The van der Waals surface area contributed by atoms with Crippen LogP contribution in [0, 0.1) is 0 Å². The van der Waals surface area contributed by atoms with E-state index in [-0.39, 0.29) is 30.7 Å². The molecule has 2 aliphatic rings. The Morgan fingerprint density at radius 2 is 1.76 bits per heavy atom. The lowest BCUT2D eigenvalue weighted by Crippen LogP contribution is -2.38. The Balaban J connectivity index is 1.48. The molecule has 2 aliphatic heterocycles. The van der Waals surface area contributed by atoms with Crippen LogP contribution in [0.5, 0.6) is 5.75 Å². The van der Waals surface area contributed by atoms with Crippen molar-refractivity contribution in [1.82, 2.24) is 10.2 Å². The van der Waals surface area contributed by atoms with Gasteiger partial charge in [0.25, 0.3) is 11.8 Å². The van der Waals surface area contributed by atoms with E-state index in [1.807, 2.05) is 35.2 Å². The Morgan fingerprint density at radius 1 is 0.974 bits per heavy atom. The molecule has 1 saturated heterocycles. The zero-order valence-corrected chi connectivity index (χ0v) is 21.6. The van der Waals surface area contributed by atoms with E-state index in [0.29, 0.717) is 40.8 Å². The third-order valence-electron chi connectivity index (χ3n) is 6.72. The smallest absolute Gasteiger partial charge is 0.265 e. The quantitative estimate of drug-likeness (QED) is 0.512. The predicted molar refractivity (Wildman–Crippen MR) is 147 cm³/mol. The summed E-state index contributed by atoms with van der Waals surface area (Å²) in [6.07, 6.45) is 0.939. The number of nitrogens with zero attached hydrogens (tertiary/aromatic N) is 2. The molecule has 3 aromatic carbocycles. The highest BCUT2D eigenvalue weighted by Crippen LogP contribution is 2.39. The lowest BCUT2D eigenvalue weighted by atomic mass is 10.0. The predicted octanol–water partition coefficient (Wildman–Crippen LogP) is 4.27. The minimum absolute atomic E-state index is 0.0620. The SMILES string of the molecule is O=C1CC(c2ccccc2)N(C(=O)COc2ccc(Cl)cc2)c2ccc(C(=O)N3CCCNCC3)cc2N1. The van der Waals surface area contributed by atoms with Gasteiger partial charge in [-0.2, -0.15) is 0 Å². The average molecular weight is 533 g/mol. The number of rotatable bonds is 5. The first-order valence-corrected chi connectivity index (χ1v) is 13.1. The van der Waals surface area contributed by atoms with E-state index in [4.69, 9.17) is 16.3 Å². The van der Waals surface area contributed by atoms with Crippen molar-refractivity contribution in [1.29, 1.82) is 0 Å². The molecule has 1 unspecified atom stereocenters. The van der Waals surface area contributed by atoms with Gasteiger partial charge in [0.1, 0.15) is 5.75 Å². The van der Waals surface area contributed by atoms with Gasteiger partial charge < -0.3 is 20.3 Å². The van der Waals surface area contributed by atoms with Gasteiger partial charge in [0.2, 0.25) is 5.91 Å². The number of hydrogen-bond donors (Lipinski definition) is 2. The maximum atomic E-state index is 13.7. The van der Waals surface area contributed by atoms with Crippen LogP contribution in [0.1, 0.15) is 34.8 Å². The third-order valence-corrected chi connectivity index (χ3v) is 6.98. The molecule has 0 aromatic heterocycles. The van der Waals surface area contributed by atoms with Crippen molar-refractivity contribution in [2.75, 3.05) is 43.0 Å². The van der Waals surface area contributed by atoms with Gasteiger partial charge in [0, 0.05) is 30.2 Å². The summed E-state index contributed by atoms with van der Waals surface area (Å²) in [4.78, 5) is 43.4. The second-order valence-electron chi connectivity index (χ2n) is 9.31. The van der Waals surface area contributed by atoms with Crippen LogP contribution in [-0.4, -0.2) is 55.4 Å². The summed E-state index contributed by atoms with van der Waals surface area (Å²) >= 11 is 5.96. The summed E-state index contributed by atoms with van der Waals surface area (Å²) in [7, 11) is 0. The molecule has 0 saturated carbocycles. The van der Waals surface area contributed by atoms with E-state index in [0.717, 1.165) is 25.1 Å². The number of carbonyl (C=O) groups is 3. The Morgan fingerprint density at radius 3 is 2.55 bits per heavy atom. The summed E-state index contributed by atoms with van der Waals surface area (Å²) in [6, 6.07) is 20.8. The van der Waals surface area contributed by atoms with Crippen LogP contribution in [0.4, 0.5) is 11.4 Å². The van der Waals surface area contributed by atoms with Crippen LogP contribution in [0.2, 0.25) is 5.02 Å². The maximum Gasteiger partial charge on any atom is 0.265 e. The molecule has 0 bridgehead atoms. The molecule has 38 heavy (non-hydrogen) atoms. The van der Waals surface area contributed by atoms with E-state index in [1.165, 1.54) is 0 Å². The minimum atomic E-state index is -0.544. The Hall–Kier alpha value is -3.88. The molecule has 0 spiro atoms. The summed E-state index contributed by atoms with van der Waals surface area (Å²) in [5, 5.41) is 6.80. The summed E-state index contributed by atoms with van der Waals surface area (Å²) in [5.41, 5.74) is 2.23. The molecule has 2 heterocycles. The summed E-state index contributed by atoms with van der Waals surface area (Å²) in [6.45, 7) is 2.66. The molecule has 0 aliphatic carbocycles. The fourth-order valence-electron chi connectivity index (χ4n) is 4.84. The second kappa shape index (κ2) is 11.7. The number of halogens is 1. The lowest BCUT2D eigenvalue weighted by Gasteiger charge is -2.31.